The number of benzene rings is 1. The van der Waals surface area contributed by atoms with Gasteiger partial charge in [0.1, 0.15) is 0 Å². The molecule has 1 heterocycles. The minimum Gasteiger partial charge on any atom is -0.395 e. The van der Waals surface area contributed by atoms with Crippen LogP contribution in [-0.4, -0.2) is 34.6 Å². The zero-order valence-electron chi connectivity index (χ0n) is 12.8. The maximum absolute atomic E-state index is 12.7. The van der Waals surface area contributed by atoms with Gasteiger partial charge in [-0.2, -0.15) is 0 Å². The minimum absolute atomic E-state index is 0.0646. The van der Waals surface area contributed by atoms with Crippen LogP contribution >= 0.6 is 0 Å². The highest BCUT2D eigenvalue weighted by Gasteiger charge is 2.33. The Balaban J connectivity index is 2.20. The van der Waals surface area contributed by atoms with E-state index in [-0.39, 0.29) is 12.5 Å². The maximum atomic E-state index is 12.7. The Kier molecular flexibility index (Phi) is 5.41. The topological polar surface area (TPSA) is 40.5 Å². The lowest BCUT2D eigenvalue weighted by Gasteiger charge is -2.28. The van der Waals surface area contributed by atoms with Crippen molar-refractivity contribution in [1.29, 1.82) is 0 Å². The number of nitrogens with zero attached hydrogens (tertiary/aromatic N) is 1. The third-order valence-electron chi connectivity index (χ3n) is 4.07. The van der Waals surface area contributed by atoms with Crippen molar-refractivity contribution in [2.75, 3.05) is 6.61 Å². The van der Waals surface area contributed by atoms with E-state index in [1.54, 1.807) is 0 Å². The summed E-state index contributed by atoms with van der Waals surface area (Å²) >= 11 is 0. The third-order valence-corrected chi connectivity index (χ3v) is 4.07. The highest BCUT2D eigenvalue weighted by atomic mass is 16.2. The fourth-order valence-corrected chi connectivity index (χ4v) is 2.94. The molecule has 21 heavy (non-hydrogen) atoms. The van der Waals surface area contributed by atoms with Crippen molar-refractivity contribution in [2.45, 2.75) is 51.6 Å². The standard InChI is InChI=1S/C18H23NO2/c1-3-17-11-10-14(2)19(17)18(21)16-9-6-8-15(13-16)7-4-5-12-20/h6,8-9,13-14,17,20H,3,5,10-12H2,1-2H3. The van der Waals surface area contributed by atoms with E-state index in [4.69, 9.17) is 5.11 Å². The van der Waals surface area contributed by atoms with Gasteiger partial charge in [0.25, 0.3) is 5.91 Å². The van der Waals surface area contributed by atoms with Gasteiger partial charge in [-0.3, -0.25) is 4.79 Å². The highest BCUT2D eigenvalue weighted by molar-refractivity contribution is 5.95. The van der Waals surface area contributed by atoms with E-state index in [1.165, 1.54) is 0 Å². The van der Waals surface area contributed by atoms with Crippen LogP contribution in [0.25, 0.3) is 0 Å². The Labute approximate surface area is 127 Å². The van der Waals surface area contributed by atoms with Gasteiger partial charge in [-0.05, 0) is 44.4 Å². The molecule has 3 heteroatoms. The fraction of sp³-hybridized carbons (Fsp3) is 0.500. The average molecular weight is 285 g/mol. The van der Waals surface area contributed by atoms with Gasteiger partial charge in [-0.15, -0.1) is 0 Å². The van der Waals surface area contributed by atoms with E-state index in [9.17, 15) is 4.79 Å². The first-order valence-electron chi connectivity index (χ1n) is 7.69. The van der Waals surface area contributed by atoms with Crippen LogP contribution in [0.3, 0.4) is 0 Å². The molecule has 0 aromatic heterocycles. The lowest BCUT2D eigenvalue weighted by molar-refractivity contribution is 0.0676. The molecule has 1 fully saturated rings. The van der Waals surface area contributed by atoms with Crippen molar-refractivity contribution >= 4 is 5.91 Å². The van der Waals surface area contributed by atoms with Crippen molar-refractivity contribution in [3.63, 3.8) is 0 Å². The van der Waals surface area contributed by atoms with Gasteiger partial charge < -0.3 is 10.0 Å². The molecule has 1 aromatic carbocycles. The first kappa shape index (κ1) is 15.6. The molecule has 2 unspecified atom stereocenters. The van der Waals surface area contributed by atoms with Crippen LogP contribution < -0.4 is 0 Å². The average Bonchev–Trinajstić information content (AvgIpc) is 2.88. The van der Waals surface area contributed by atoms with Crippen LogP contribution in [0.1, 0.15) is 55.5 Å². The second-order valence-corrected chi connectivity index (χ2v) is 5.56. The van der Waals surface area contributed by atoms with Crippen LogP contribution in [0.5, 0.6) is 0 Å². The van der Waals surface area contributed by atoms with Gasteiger partial charge in [-0.1, -0.05) is 24.8 Å². The zero-order valence-corrected chi connectivity index (χ0v) is 12.8. The molecular formula is C18H23NO2. The van der Waals surface area contributed by atoms with Gasteiger partial charge in [0, 0.05) is 29.6 Å². The molecule has 0 saturated carbocycles. The van der Waals surface area contributed by atoms with E-state index < -0.39 is 0 Å². The normalized spacial score (nSPS) is 21.0. The molecule has 2 rings (SSSR count). The molecule has 3 nitrogen and oxygen atoms in total. The van der Waals surface area contributed by atoms with E-state index in [2.05, 4.69) is 25.7 Å². The smallest absolute Gasteiger partial charge is 0.254 e. The molecule has 0 aliphatic carbocycles. The van der Waals surface area contributed by atoms with Crippen molar-refractivity contribution in [3.8, 4) is 11.8 Å². The Morgan fingerprint density at radius 3 is 2.95 bits per heavy atom. The fourth-order valence-electron chi connectivity index (χ4n) is 2.94. The second-order valence-electron chi connectivity index (χ2n) is 5.56. The monoisotopic (exact) mass is 285 g/mol. The molecule has 0 spiro atoms. The Bertz CT molecular complexity index is 556. The summed E-state index contributed by atoms with van der Waals surface area (Å²) < 4.78 is 0. The lowest BCUT2D eigenvalue weighted by Crippen LogP contribution is -2.39. The van der Waals surface area contributed by atoms with Crippen molar-refractivity contribution in [2.24, 2.45) is 0 Å². The van der Waals surface area contributed by atoms with Gasteiger partial charge in [-0.25, -0.2) is 0 Å². The summed E-state index contributed by atoms with van der Waals surface area (Å²) in [5.41, 5.74) is 1.53. The van der Waals surface area contributed by atoms with Crippen molar-refractivity contribution < 1.29 is 9.90 Å². The first-order chi connectivity index (χ1) is 10.2. The van der Waals surface area contributed by atoms with Gasteiger partial charge >= 0.3 is 0 Å². The number of hydrogen-bond acceptors (Lipinski definition) is 2. The van der Waals surface area contributed by atoms with Crippen LogP contribution in [-0.2, 0) is 0 Å². The number of carbonyl (C=O) groups is 1. The summed E-state index contributed by atoms with van der Waals surface area (Å²) in [6.07, 6.45) is 3.64. The van der Waals surface area contributed by atoms with Crippen LogP contribution in [0.15, 0.2) is 24.3 Å². The molecule has 1 aliphatic rings. The summed E-state index contributed by atoms with van der Waals surface area (Å²) in [5.74, 6) is 5.99. The molecule has 1 aromatic rings. The largest absolute Gasteiger partial charge is 0.395 e. The number of carbonyl (C=O) groups excluding carboxylic acids is 1. The quantitative estimate of drug-likeness (QED) is 0.868. The van der Waals surface area contributed by atoms with Crippen molar-refractivity contribution in [3.05, 3.63) is 35.4 Å². The van der Waals surface area contributed by atoms with Crippen LogP contribution in [0, 0.1) is 11.8 Å². The summed E-state index contributed by atoms with van der Waals surface area (Å²) in [6, 6.07) is 8.15. The second kappa shape index (κ2) is 7.28. The Morgan fingerprint density at radius 2 is 2.24 bits per heavy atom. The van der Waals surface area contributed by atoms with Crippen LogP contribution in [0.2, 0.25) is 0 Å². The summed E-state index contributed by atoms with van der Waals surface area (Å²) in [4.78, 5) is 14.8. The predicted molar refractivity (Wildman–Crippen MR) is 84.0 cm³/mol. The highest BCUT2D eigenvalue weighted by Crippen LogP contribution is 2.27. The van der Waals surface area contributed by atoms with Crippen molar-refractivity contribution in [1.82, 2.24) is 4.90 Å². The number of amides is 1. The molecule has 0 bridgehead atoms. The molecule has 0 radical (unpaired) electrons. The van der Waals surface area contributed by atoms with E-state index >= 15 is 0 Å². The van der Waals surface area contributed by atoms with Gasteiger partial charge in [0.15, 0.2) is 0 Å². The third kappa shape index (κ3) is 3.65. The number of likely N-dealkylation sites (tertiary alicyclic amines) is 1. The predicted octanol–water partition coefficient (Wildman–Crippen LogP) is 2.82. The van der Waals surface area contributed by atoms with E-state index in [0.717, 1.165) is 24.8 Å². The number of aliphatic hydroxyl groups excluding tert-OH is 1. The summed E-state index contributed by atoms with van der Waals surface area (Å²) in [5, 5.41) is 8.75. The number of aliphatic hydroxyl groups is 1. The first-order valence-corrected chi connectivity index (χ1v) is 7.69. The molecule has 1 saturated heterocycles. The van der Waals surface area contributed by atoms with E-state index in [0.29, 0.717) is 24.1 Å². The molecule has 1 aliphatic heterocycles. The van der Waals surface area contributed by atoms with E-state index in [1.807, 2.05) is 29.2 Å². The summed E-state index contributed by atoms with van der Waals surface area (Å²) in [6.45, 7) is 4.33. The van der Waals surface area contributed by atoms with Gasteiger partial charge in [0.05, 0.1) is 6.61 Å². The minimum atomic E-state index is 0.0646. The van der Waals surface area contributed by atoms with Crippen LogP contribution in [0.4, 0.5) is 0 Å². The Hall–Kier alpha value is -1.79. The maximum Gasteiger partial charge on any atom is 0.254 e. The lowest BCUT2D eigenvalue weighted by atomic mass is 10.1. The number of rotatable bonds is 3. The molecule has 112 valence electrons. The molecule has 2 atom stereocenters. The zero-order chi connectivity index (χ0) is 15.2. The van der Waals surface area contributed by atoms with Gasteiger partial charge in [0.2, 0.25) is 0 Å². The molecule has 1 amide bonds. The summed E-state index contributed by atoms with van der Waals surface area (Å²) in [7, 11) is 0. The SMILES string of the molecule is CCC1CCC(C)N1C(=O)c1cccc(C#CCCO)c1. The Morgan fingerprint density at radius 1 is 1.43 bits per heavy atom. The molecular weight excluding hydrogens is 262 g/mol. The number of hydrogen-bond donors (Lipinski definition) is 1. The molecule has 1 N–H and O–H groups in total.